The monoisotopic (exact) mass is 270 g/mol. The van der Waals surface area contributed by atoms with Gasteiger partial charge in [-0.2, -0.15) is 0 Å². The smallest absolute Gasteiger partial charge is 0.339 e. The van der Waals surface area contributed by atoms with Crippen molar-refractivity contribution >= 4 is 27.8 Å². The zero-order chi connectivity index (χ0) is 14.1. The predicted molar refractivity (Wildman–Crippen MR) is 75.2 cm³/mol. The lowest BCUT2D eigenvalue weighted by molar-refractivity contribution is -0.153. The molecule has 2 N–H and O–H groups in total. The van der Waals surface area contributed by atoms with Crippen LogP contribution < -0.4 is 0 Å². The molecule has 1 atom stereocenters. The summed E-state index contributed by atoms with van der Waals surface area (Å²) in [5, 5.41) is 11.9. The lowest BCUT2D eigenvalue weighted by atomic mass is 10.1. The molecule has 3 rings (SSSR count). The van der Waals surface area contributed by atoms with Crippen LogP contribution in [0.2, 0.25) is 0 Å². The van der Waals surface area contributed by atoms with E-state index in [0.29, 0.717) is 5.56 Å². The molecule has 0 radical (unpaired) electrons. The van der Waals surface area contributed by atoms with Gasteiger partial charge < -0.3 is 14.8 Å². The summed E-state index contributed by atoms with van der Waals surface area (Å²) < 4.78 is 4.83. The molecule has 0 aliphatic carbocycles. The van der Waals surface area contributed by atoms with Crippen molar-refractivity contribution in [3.8, 4) is 0 Å². The van der Waals surface area contributed by atoms with Gasteiger partial charge in [-0.1, -0.05) is 6.07 Å². The molecule has 20 heavy (non-hydrogen) atoms. The van der Waals surface area contributed by atoms with Gasteiger partial charge in [0.15, 0.2) is 6.10 Å². The van der Waals surface area contributed by atoms with Crippen molar-refractivity contribution in [2.45, 2.75) is 13.0 Å². The first kappa shape index (κ1) is 12.6. The second-order valence-corrected chi connectivity index (χ2v) is 4.51. The molecule has 0 amide bonds. The van der Waals surface area contributed by atoms with E-state index < -0.39 is 12.1 Å². The van der Waals surface area contributed by atoms with Crippen LogP contribution in [0.5, 0.6) is 0 Å². The van der Waals surface area contributed by atoms with Crippen molar-refractivity contribution in [3.05, 3.63) is 42.2 Å². The molecule has 0 aliphatic rings. The topological polar surface area (TPSA) is 75.2 Å². The van der Waals surface area contributed by atoms with Crippen molar-refractivity contribution < 1.29 is 14.6 Å². The highest BCUT2D eigenvalue weighted by Gasteiger charge is 2.19. The molecule has 0 saturated carbocycles. The molecule has 0 fully saturated rings. The molecule has 0 bridgehead atoms. The van der Waals surface area contributed by atoms with Crippen LogP contribution in [0.4, 0.5) is 0 Å². The number of esters is 1. The van der Waals surface area contributed by atoms with E-state index in [-0.39, 0.29) is 6.61 Å². The van der Waals surface area contributed by atoms with Crippen LogP contribution in [0, 0.1) is 0 Å². The van der Waals surface area contributed by atoms with Gasteiger partial charge in [-0.3, -0.25) is 4.98 Å². The van der Waals surface area contributed by atoms with Gasteiger partial charge in [0.2, 0.25) is 0 Å². The minimum absolute atomic E-state index is 0.247. The maximum absolute atomic E-state index is 11.6. The van der Waals surface area contributed by atoms with E-state index in [0.717, 1.165) is 21.8 Å². The number of benzene rings is 1. The summed E-state index contributed by atoms with van der Waals surface area (Å²) >= 11 is 0. The number of rotatable bonds is 3. The number of aromatic nitrogens is 2. The van der Waals surface area contributed by atoms with Crippen LogP contribution in [0.25, 0.3) is 21.8 Å². The van der Waals surface area contributed by atoms with E-state index in [2.05, 4.69) is 9.97 Å². The van der Waals surface area contributed by atoms with E-state index >= 15 is 0 Å². The number of fused-ring (bicyclic) bond motifs is 3. The highest BCUT2D eigenvalue weighted by molar-refractivity contribution is 6.07. The molecule has 0 spiro atoms. The molecule has 0 saturated heterocycles. The fraction of sp³-hybridized carbons (Fsp3) is 0.200. The van der Waals surface area contributed by atoms with Crippen molar-refractivity contribution in [1.82, 2.24) is 9.97 Å². The van der Waals surface area contributed by atoms with Crippen molar-refractivity contribution in [2.75, 3.05) is 6.61 Å². The van der Waals surface area contributed by atoms with Crippen LogP contribution >= 0.6 is 0 Å². The highest BCUT2D eigenvalue weighted by atomic mass is 16.5. The molecule has 2 aromatic heterocycles. The summed E-state index contributed by atoms with van der Waals surface area (Å²) in [6.07, 6.45) is 2.20. The number of aliphatic hydroxyl groups is 1. The first-order valence-corrected chi connectivity index (χ1v) is 6.40. The molecule has 5 nitrogen and oxygen atoms in total. The van der Waals surface area contributed by atoms with Gasteiger partial charge >= 0.3 is 5.97 Å². The Balaban J connectivity index is 2.09. The van der Waals surface area contributed by atoms with Gasteiger partial charge in [-0.05, 0) is 30.7 Å². The van der Waals surface area contributed by atoms with Crippen LogP contribution in [0.3, 0.4) is 0 Å². The van der Waals surface area contributed by atoms with Gasteiger partial charge in [-0.25, -0.2) is 4.79 Å². The number of carbonyl (C=O) groups excluding carboxylic acids is 1. The normalized spacial score (nSPS) is 12.7. The quantitative estimate of drug-likeness (QED) is 0.716. The lowest BCUT2D eigenvalue weighted by Crippen LogP contribution is -2.15. The molecular weight excluding hydrogens is 256 g/mol. The fourth-order valence-electron chi connectivity index (χ4n) is 2.30. The van der Waals surface area contributed by atoms with E-state index in [9.17, 15) is 9.90 Å². The summed E-state index contributed by atoms with van der Waals surface area (Å²) in [5.74, 6) is -0.631. The predicted octanol–water partition coefficient (Wildman–Crippen LogP) is 2.31. The van der Waals surface area contributed by atoms with Gasteiger partial charge in [0.25, 0.3) is 0 Å². The minimum Gasteiger partial charge on any atom is -0.464 e. The van der Waals surface area contributed by atoms with E-state index in [1.54, 1.807) is 31.5 Å². The number of hydrogen-bond acceptors (Lipinski definition) is 4. The van der Waals surface area contributed by atoms with Gasteiger partial charge in [0.05, 0.1) is 18.3 Å². The number of carbonyl (C=O) groups is 1. The second-order valence-electron chi connectivity index (χ2n) is 4.51. The highest BCUT2D eigenvalue weighted by Crippen LogP contribution is 2.27. The average Bonchev–Trinajstić information content (AvgIpc) is 2.84. The maximum atomic E-state index is 11.6. The van der Waals surface area contributed by atoms with Crippen molar-refractivity contribution in [3.63, 3.8) is 0 Å². The Kier molecular flexibility index (Phi) is 3.12. The van der Waals surface area contributed by atoms with Crippen LogP contribution in [0.1, 0.15) is 18.6 Å². The summed E-state index contributed by atoms with van der Waals surface area (Å²) in [7, 11) is 0. The Labute approximate surface area is 115 Å². The Morgan fingerprint density at radius 3 is 3.00 bits per heavy atom. The summed E-state index contributed by atoms with van der Waals surface area (Å²) in [6.45, 7) is 1.96. The van der Waals surface area contributed by atoms with Crippen molar-refractivity contribution in [2.24, 2.45) is 0 Å². The van der Waals surface area contributed by atoms with Crippen molar-refractivity contribution in [1.29, 1.82) is 0 Å². The number of nitrogens with zero attached hydrogens (tertiary/aromatic N) is 1. The zero-order valence-corrected chi connectivity index (χ0v) is 11.0. The summed E-state index contributed by atoms with van der Waals surface area (Å²) in [6, 6.07) is 7.25. The Bertz CT molecular complexity index is 779. The van der Waals surface area contributed by atoms with Gasteiger partial charge in [0, 0.05) is 22.5 Å². The number of aromatic amines is 1. The number of nitrogens with one attached hydrogen (secondary N) is 1. The fourth-order valence-corrected chi connectivity index (χ4v) is 2.30. The molecule has 1 aromatic carbocycles. The number of aliphatic hydroxyl groups excluding tert-OH is 1. The van der Waals surface area contributed by atoms with E-state index in [4.69, 9.17) is 4.74 Å². The number of ether oxygens (including phenoxy) is 1. The third kappa shape index (κ3) is 2.02. The number of hydrogen-bond donors (Lipinski definition) is 2. The first-order valence-electron chi connectivity index (χ1n) is 6.40. The Morgan fingerprint density at radius 2 is 2.20 bits per heavy atom. The average molecular weight is 270 g/mol. The number of pyridine rings is 1. The maximum Gasteiger partial charge on any atom is 0.339 e. The van der Waals surface area contributed by atoms with Crippen LogP contribution in [-0.2, 0) is 9.53 Å². The largest absolute Gasteiger partial charge is 0.464 e. The third-order valence-electron chi connectivity index (χ3n) is 3.25. The Morgan fingerprint density at radius 1 is 1.35 bits per heavy atom. The summed E-state index contributed by atoms with van der Waals surface area (Å²) in [4.78, 5) is 18.9. The SMILES string of the molecule is CCOC(=O)C(O)c1ccc2[nH]c3cnccc3c2c1. The molecule has 102 valence electrons. The number of H-pyrrole nitrogens is 1. The first-order chi connectivity index (χ1) is 9.70. The lowest BCUT2D eigenvalue weighted by Gasteiger charge is -2.09. The molecule has 3 aromatic rings. The molecular formula is C15H14N2O3. The third-order valence-corrected chi connectivity index (χ3v) is 3.25. The molecule has 1 unspecified atom stereocenters. The van der Waals surface area contributed by atoms with Gasteiger partial charge in [-0.15, -0.1) is 0 Å². The minimum atomic E-state index is -1.26. The zero-order valence-electron chi connectivity index (χ0n) is 11.0. The van der Waals surface area contributed by atoms with Crippen LogP contribution in [0.15, 0.2) is 36.7 Å². The molecule has 5 heteroatoms. The van der Waals surface area contributed by atoms with Gasteiger partial charge in [0.1, 0.15) is 0 Å². The Hall–Kier alpha value is -2.40. The van der Waals surface area contributed by atoms with Crippen LogP contribution in [-0.4, -0.2) is 27.7 Å². The molecule has 2 heterocycles. The van der Waals surface area contributed by atoms with E-state index in [1.165, 1.54) is 0 Å². The second kappa shape index (κ2) is 4.94. The standard InChI is InChI=1S/C15H14N2O3/c1-2-20-15(19)14(18)9-3-4-12-11(7-9)10-5-6-16-8-13(10)17-12/h3-8,14,17-18H,2H2,1H3. The summed E-state index contributed by atoms with van der Waals surface area (Å²) in [5.41, 5.74) is 2.38. The van der Waals surface area contributed by atoms with E-state index in [1.807, 2.05) is 12.1 Å². The molecule has 0 aliphatic heterocycles.